The molecule has 0 radical (unpaired) electrons. The molecule has 0 spiro atoms. The number of hydrogen-bond acceptors (Lipinski definition) is 5. The van der Waals surface area contributed by atoms with Crippen LogP contribution in [0.25, 0.3) is 0 Å². The number of nitro groups is 1. The van der Waals surface area contributed by atoms with Crippen molar-refractivity contribution in [3.05, 3.63) is 15.8 Å². The fourth-order valence-corrected chi connectivity index (χ4v) is 2.99. The number of piperidine rings is 1. The fourth-order valence-electron chi connectivity index (χ4n) is 2.99. The summed E-state index contributed by atoms with van der Waals surface area (Å²) in [4.78, 5) is 13.1. The van der Waals surface area contributed by atoms with Crippen molar-refractivity contribution < 1.29 is 4.92 Å². The van der Waals surface area contributed by atoms with Crippen molar-refractivity contribution in [3.63, 3.8) is 0 Å². The van der Waals surface area contributed by atoms with Gasteiger partial charge in [-0.2, -0.15) is 5.10 Å². The van der Waals surface area contributed by atoms with Crippen molar-refractivity contribution in [1.29, 1.82) is 0 Å². The molecule has 1 N–H and O–H groups in total. The van der Waals surface area contributed by atoms with Crippen molar-refractivity contribution in [2.24, 2.45) is 5.92 Å². The first-order valence-electron chi connectivity index (χ1n) is 7.57. The van der Waals surface area contributed by atoms with E-state index in [9.17, 15) is 10.1 Å². The van der Waals surface area contributed by atoms with Gasteiger partial charge in [-0.1, -0.05) is 0 Å². The molecule has 0 unspecified atom stereocenters. The standard InChI is InChI=1S/C14H25N5O2/c1-10(2)18-14(13(19(20)21)11(3)16-18)17(4)9-12-5-7-15-8-6-12/h10,12,15H,5-9H2,1-4H3. The van der Waals surface area contributed by atoms with E-state index < -0.39 is 0 Å². The number of aryl methyl sites for hydroxylation is 1. The normalized spacial score (nSPS) is 16.4. The summed E-state index contributed by atoms with van der Waals surface area (Å²) < 4.78 is 1.77. The smallest absolute Gasteiger partial charge is 0.333 e. The quantitative estimate of drug-likeness (QED) is 0.665. The Kier molecular flexibility index (Phi) is 4.82. The number of nitrogens with one attached hydrogen (secondary N) is 1. The zero-order valence-corrected chi connectivity index (χ0v) is 13.3. The van der Waals surface area contributed by atoms with Gasteiger partial charge in [0.25, 0.3) is 0 Å². The van der Waals surface area contributed by atoms with Crippen LogP contribution in [0.1, 0.15) is 38.4 Å². The van der Waals surface area contributed by atoms with Crippen molar-refractivity contribution in [1.82, 2.24) is 15.1 Å². The van der Waals surface area contributed by atoms with E-state index in [1.165, 1.54) is 0 Å². The molecule has 0 bridgehead atoms. The highest BCUT2D eigenvalue weighted by Gasteiger charge is 2.30. The molecule has 1 fully saturated rings. The molecule has 2 heterocycles. The predicted molar refractivity (Wildman–Crippen MR) is 82.9 cm³/mol. The van der Waals surface area contributed by atoms with Crippen LogP contribution < -0.4 is 10.2 Å². The molecule has 1 aliphatic rings. The molecule has 1 aromatic heterocycles. The van der Waals surface area contributed by atoms with E-state index in [1.807, 2.05) is 25.8 Å². The van der Waals surface area contributed by atoms with E-state index >= 15 is 0 Å². The van der Waals surface area contributed by atoms with Crippen LogP contribution in [0.2, 0.25) is 0 Å². The van der Waals surface area contributed by atoms with E-state index in [-0.39, 0.29) is 16.7 Å². The number of rotatable bonds is 5. The minimum atomic E-state index is -0.310. The second-order valence-electron chi connectivity index (χ2n) is 6.13. The van der Waals surface area contributed by atoms with Crippen molar-refractivity contribution in [3.8, 4) is 0 Å². The lowest BCUT2D eigenvalue weighted by Gasteiger charge is -2.29. The maximum Gasteiger partial charge on any atom is 0.333 e. The summed E-state index contributed by atoms with van der Waals surface area (Å²) in [6.45, 7) is 8.60. The molecule has 0 atom stereocenters. The van der Waals surface area contributed by atoms with Crippen LogP contribution in [0.5, 0.6) is 0 Å². The van der Waals surface area contributed by atoms with E-state index in [0.717, 1.165) is 32.5 Å². The van der Waals surface area contributed by atoms with Gasteiger partial charge in [0.1, 0.15) is 5.69 Å². The van der Waals surface area contributed by atoms with Crippen LogP contribution in [0, 0.1) is 23.0 Å². The van der Waals surface area contributed by atoms with Gasteiger partial charge < -0.3 is 10.2 Å². The Bertz CT molecular complexity index is 506. The number of aromatic nitrogens is 2. The van der Waals surface area contributed by atoms with Gasteiger partial charge in [-0.3, -0.25) is 10.1 Å². The average molecular weight is 295 g/mol. The highest BCUT2D eigenvalue weighted by molar-refractivity contribution is 5.61. The highest BCUT2D eigenvalue weighted by Crippen LogP contribution is 2.34. The number of hydrogen-bond donors (Lipinski definition) is 1. The van der Waals surface area contributed by atoms with E-state index in [2.05, 4.69) is 10.4 Å². The molecule has 1 aromatic rings. The van der Waals surface area contributed by atoms with Gasteiger partial charge in [0.05, 0.1) is 4.92 Å². The van der Waals surface area contributed by atoms with Crippen LogP contribution in [-0.2, 0) is 0 Å². The van der Waals surface area contributed by atoms with Gasteiger partial charge in [0.15, 0.2) is 0 Å². The van der Waals surface area contributed by atoms with Gasteiger partial charge in [-0.05, 0) is 52.6 Å². The fraction of sp³-hybridized carbons (Fsp3) is 0.786. The maximum absolute atomic E-state index is 11.4. The van der Waals surface area contributed by atoms with E-state index in [1.54, 1.807) is 11.6 Å². The summed E-state index contributed by atoms with van der Waals surface area (Å²) in [6, 6.07) is 0.0999. The average Bonchev–Trinajstić information content (AvgIpc) is 2.78. The van der Waals surface area contributed by atoms with Crippen LogP contribution in [0.4, 0.5) is 11.5 Å². The second kappa shape index (κ2) is 6.43. The van der Waals surface area contributed by atoms with E-state index in [4.69, 9.17) is 0 Å². The largest absolute Gasteiger partial charge is 0.354 e. The first-order chi connectivity index (χ1) is 9.91. The van der Waals surface area contributed by atoms with E-state index in [0.29, 0.717) is 17.4 Å². The van der Waals surface area contributed by atoms with Crippen LogP contribution in [-0.4, -0.2) is 41.4 Å². The summed E-state index contributed by atoms with van der Waals surface area (Å²) in [7, 11) is 1.93. The summed E-state index contributed by atoms with van der Waals surface area (Å²) >= 11 is 0. The van der Waals surface area contributed by atoms with Crippen molar-refractivity contribution in [2.75, 3.05) is 31.6 Å². The summed E-state index contributed by atoms with van der Waals surface area (Å²) in [5.74, 6) is 1.21. The molecule has 1 saturated heterocycles. The second-order valence-corrected chi connectivity index (χ2v) is 6.13. The van der Waals surface area contributed by atoms with Gasteiger partial charge in [0, 0.05) is 19.6 Å². The van der Waals surface area contributed by atoms with Gasteiger partial charge >= 0.3 is 5.69 Å². The Balaban J connectivity index is 2.29. The lowest BCUT2D eigenvalue weighted by atomic mass is 9.98. The SMILES string of the molecule is Cc1nn(C(C)C)c(N(C)CC2CCNCC2)c1[N+](=O)[O-]. The third-order valence-electron chi connectivity index (χ3n) is 4.05. The third kappa shape index (κ3) is 3.34. The Morgan fingerprint density at radius 2 is 2.10 bits per heavy atom. The molecule has 7 nitrogen and oxygen atoms in total. The minimum Gasteiger partial charge on any atom is -0.354 e. The molecule has 118 valence electrons. The Morgan fingerprint density at radius 1 is 1.48 bits per heavy atom. The first-order valence-corrected chi connectivity index (χ1v) is 7.57. The third-order valence-corrected chi connectivity index (χ3v) is 4.05. The van der Waals surface area contributed by atoms with Gasteiger partial charge in [0.2, 0.25) is 5.82 Å². The molecule has 0 amide bonds. The molecular weight excluding hydrogens is 270 g/mol. The van der Waals surface area contributed by atoms with Crippen LogP contribution in [0.15, 0.2) is 0 Å². The molecule has 0 aliphatic carbocycles. The monoisotopic (exact) mass is 295 g/mol. The molecule has 0 saturated carbocycles. The lowest BCUT2D eigenvalue weighted by molar-refractivity contribution is -0.384. The Morgan fingerprint density at radius 3 is 2.62 bits per heavy atom. The first kappa shape index (κ1) is 15.8. The van der Waals surface area contributed by atoms with Crippen LogP contribution >= 0.6 is 0 Å². The molecule has 21 heavy (non-hydrogen) atoms. The minimum absolute atomic E-state index is 0.0999. The van der Waals surface area contributed by atoms with Gasteiger partial charge in [-0.15, -0.1) is 0 Å². The number of anilines is 1. The zero-order valence-electron chi connectivity index (χ0n) is 13.3. The molecule has 7 heteroatoms. The molecular formula is C14H25N5O2. The zero-order chi connectivity index (χ0) is 15.6. The van der Waals surface area contributed by atoms with Gasteiger partial charge in [-0.25, -0.2) is 4.68 Å². The number of nitrogens with zero attached hydrogens (tertiary/aromatic N) is 4. The molecule has 2 rings (SSSR count). The van der Waals surface area contributed by atoms with Crippen LogP contribution in [0.3, 0.4) is 0 Å². The topological polar surface area (TPSA) is 76.2 Å². The summed E-state index contributed by atoms with van der Waals surface area (Å²) in [5, 5.41) is 19.1. The Labute approximate surface area is 125 Å². The summed E-state index contributed by atoms with van der Waals surface area (Å²) in [5.41, 5.74) is 0.626. The van der Waals surface area contributed by atoms with Crippen molar-refractivity contribution >= 4 is 11.5 Å². The molecule has 1 aliphatic heterocycles. The highest BCUT2D eigenvalue weighted by atomic mass is 16.6. The predicted octanol–water partition coefficient (Wildman–Crippen LogP) is 2.12. The Hall–Kier alpha value is -1.63. The maximum atomic E-state index is 11.4. The molecule has 0 aromatic carbocycles. The lowest BCUT2D eigenvalue weighted by Crippen LogP contribution is -2.35. The summed E-state index contributed by atoms with van der Waals surface area (Å²) in [6.07, 6.45) is 2.24. The van der Waals surface area contributed by atoms with Crippen molar-refractivity contribution in [2.45, 2.75) is 39.7 Å².